The fourth-order valence-electron chi connectivity index (χ4n) is 1.62. The van der Waals surface area contributed by atoms with Crippen molar-refractivity contribution in [2.24, 2.45) is 0 Å². The first-order valence-corrected chi connectivity index (χ1v) is 7.69. The standard InChI is InChI=1S/C13H11ClN2O4S/c14-11-3-1-2-4-12(11)21(19,20)16-8-10-7-9(13(17)18)5-6-15-10/h1-7,16H,8H2,(H,17,18). The van der Waals surface area contributed by atoms with E-state index in [1.165, 1.54) is 30.5 Å². The van der Waals surface area contributed by atoms with Gasteiger partial charge in [0.15, 0.2) is 0 Å². The van der Waals surface area contributed by atoms with Crippen molar-refractivity contribution in [3.05, 3.63) is 58.9 Å². The molecule has 0 bridgehead atoms. The number of benzene rings is 1. The summed E-state index contributed by atoms with van der Waals surface area (Å²) < 4.78 is 26.5. The number of carboxylic acid groups (broad SMARTS) is 1. The van der Waals surface area contributed by atoms with Crippen LogP contribution in [0.25, 0.3) is 0 Å². The van der Waals surface area contributed by atoms with Crippen LogP contribution in [-0.4, -0.2) is 24.5 Å². The highest BCUT2D eigenvalue weighted by atomic mass is 35.5. The second-order valence-corrected chi connectivity index (χ2v) is 6.24. The summed E-state index contributed by atoms with van der Waals surface area (Å²) in [5, 5.41) is 8.98. The average molecular weight is 327 g/mol. The van der Waals surface area contributed by atoms with Gasteiger partial charge in [-0.15, -0.1) is 0 Å². The molecule has 0 saturated carbocycles. The summed E-state index contributed by atoms with van der Waals surface area (Å²) in [7, 11) is -3.79. The van der Waals surface area contributed by atoms with Gasteiger partial charge in [-0.3, -0.25) is 4.98 Å². The number of aromatic nitrogens is 1. The molecule has 0 aliphatic heterocycles. The van der Waals surface area contributed by atoms with E-state index in [2.05, 4.69) is 9.71 Å². The number of hydrogen-bond donors (Lipinski definition) is 2. The van der Waals surface area contributed by atoms with Gasteiger partial charge in [-0.05, 0) is 24.3 Å². The first kappa shape index (κ1) is 15.4. The molecule has 1 heterocycles. The van der Waals surface area contributed by atoms with E-state index in [1.54, 1.807) is 12.1 Å². The molecule has 0 spiro atoms. The van der Waals surface area contributed by atoms with Crippen molar-refractivity contribution in [2.45, 2.75) is 11.4 Å². The molecule has 2 N–H and O–H groups in total. The molecule has 21 heavy (non-hydrogen) atoms. The number of nitrogens with one attached hydrogen (secondary N) is 1. The van der Waals surface area contributed by atoms with E-state index in [4.69, 9.17) is 16.7 Å². The summed E-state index contributed by atoms with van der Waals surface area (Å²) in [6, 6.07) is 8.67. The smallest absolute Gasteiger partial charge is 0.335 e. The molecule has 0 aliphatic rings. The van der Waals surface area contributed by atoms with Gasteiger partial charge in [0, 0.05) is 6.20 Å². The van der Waals surface area contributed by atoms with Crippen molar-refractivity contribution in [3.8, 4) is 0 Å². The molecule has 110 valence electrons. The van der Waals surface area contributed by atoms with Crippen LogP contribution in [0, 0.1) is 0 Å². The minimum atomic E-state index is -3.79. The Morgan fingerprint density at radius 3 is 2.67 bits per heavy atom. The molecule has 0 fully saturated rings. The molecule has 2 aromatic rings. The molecule has 2 rings (SSSR count). The van der Waals surface area contributed by atoms with E-state index in [0.717, 1.165) is 0 Å². The van der Waals surface area contributed by atoms with Gasteiger partial charge in [0.25, 0.3) is 0 Å². The fourth-order valence-corrected chi connectivity index (χ4v) is 3.13. The van der Waals surface area contributed by atoms with Gasteiger partial charge in [-0.2, -0.15) is 0 Å². The number of rotatable bonds is 5. The van der Waals surface area contributed by atoms with Crippen molar-refractivity contribution in [1.29, 1.82) is 0 Å². The lowest BCUT2D eigenvalue weighted by Gasteiger charge is -2.08. The van der Waals surface area contributed by atoms with Gasteiger partial charge in [-0.1, -0.05) is 23.7 Å². The zero-order valence-corrected chi connectivity index (χ0v) is 12.2. The van der Waals surface area contributed by atoms with Gasteiger partial charge < -0.3 is 5.11 Å². The van der Waals surface area contributed by atoms with E-state index in [1.807, 2.05) is 0 Å². The van der Waals surface area contributed by atoms with Crippen LogP contribution >= 0.6 is 11.6 Å². The van der Waals surface area contributed by atoms with E-state index in [-0.39, 0.29) is 22.0 Å². The van der Waals surface area contributed by atoms with Crippen molar-refractivity contribution in [2.75, 3.05) is 0 Å². The van der Waals surface area contributed by atoms with Gasteiger partial charge in [0.1, 0.15) is 4.90 Å². The SMILES string of the molecule is O=C(O)c1ccnc(CNS(=O)(=O)c2ccccc2Cl)c1. The van der Waals surface area contributed by atoms with Crippen LogP contribution < -0.4 is 4.72 Å². The molecule has 0 amide bonds. The predicted octanol–water partition coefficient (Wildman–Crippen LogP) is 1.91. The molecule has 0 aliphatic carbocycles. The molecule has 0 atom stereocenters. The molecule has 1 aromatic heterocycles. The van der Waals surface area contributed by atoms with Crippen LogP contribution in [0.15, 0.2) is 47.5 Å². The van der Waals surface area contributed by atoms with E-state index < -0.39 is 16.0 Å². The van der Waals surface area contributed by atoms with Crippen LogP contribution in [0.5, 0.6) is 0 Å². The molecular weight excluding hydrogens is 316 g/mol. The zero-order valence-electron chi connectivity index (χ0n) is 10.7. The van der Waals surface area contributed by atoms with E-state index in [0.29, 0.717) is 5.69 Å². The summed E-state index contributed by atoms with van der Waals surface area (Å²) in [6.45, 7) is -0.130. The molecule has 0 unspecified atom stereocenters. The summed E-state index contributed by atoms with van der Waals surface area (Å²) in [6.07, 6.45) is 1.31. The van der Waals surface area contributed by atoms with E-state index >= 15 is 0 Å². The first-order chi connectivity index (χ1) is 9.90. The number of carbonyl (C=O) groups is 1. The number of halogens is 1. The van der Waals surface area contributed by atoms with Crippen LogP contribution in [0.4, 0.5) is 0 Å². The summed E-state index contributed by atoms with van der Waals surface area (Å²) in [4.78, 5) is 14.7. The number of pyridine rings is 1. The van der Waals surface area contributed by atoms with E-state index in [9.17, 15) is 13.2 Å². The highest BCUT2D eigenvalue weighted by Gasteiger charge is 2.17. The van der Waals surface area contributed by atoms with Crippen molar-refractivity contribution in [1.82, 2.24) is 9.71 Å². The Bertz CT molecular complexity index is 777. The third-order valence-corrected chi connectivity index (χ3v) is 4.53. The van der Waals surface area contributed by atoms with Crippen LogP contribution in [0.3, 0.4) is 0 Å². The highest BCUT2D eigenvalue weighted by molar-refractivity contribution is 7.89. The predicted molar refractivity (Wildman–Crippen MR) is 76.7 cm³/mol. The molecule has 0 saturated heterocycles. The lowest BCUT2D eigenvalue weighted by Crippen LogP contribution is -2.24. The van der Waals surface area contributed by atoms with Crippen LogP contribution in [0.2, 0.25) is 5.02 Å². The third kappa shape index (κ3) is 3.78. The monoisotopic (exact) mass is 326 g/mol. The number of carboxylic acids is 1. The Hall–Kier alpha value is -1.96. The van der Waals surface area contributed by atoms with Gasteiger partial charge >= 0.3 is 5.97 Å². The Balaban J connectivity index is 2.18. The minimum absolute atomic E-state index is 0.0388. The fraction of sp³-hybridized carbons (Fsp3) is 0.0769. The number of sulfonamides is 1. The second-order valence-electron chi connectivity index (χ2n) is 4.10. The molecule has 8 heteroatoms. The number of aromatic carboxylic acids is 1. The average Bonchev–Trinajstić information content (AvgIpc) is 2.46. The topological polar surface area (TPSA) is 96.4 Å². The lowest BCUT2D eigenvalue weighted by atomic mass is 10.2. The Morgan fingerprint density at radius 1 is 1.29 bits per heavy atom. The minimum Gasteiger partial charge on any atom is -0.478 e. The van der Waals surface area contributed by atoms with Crippen molar-refractivity contribution >= 4 is 27.6 Å². The summed E-state index contributed by atoms with van der Waals surface area (Å²) >= 11 is 5.84. The van der Waals surface area contributed by atoms with Crippen molar-refractivity contribution in [3.63, 3.8) is 0 Å². The Labute approximate surface area is 126 Å². The summed E-state index contributed by atoms with van der Waals surface area (Å²) in [5.41, 5.74) is 0.336. The van der Waals surface area contributed by atoms with Crippen LogP contribution in [0.1, 0.15) is 16.1 Å². The van der Waals surface area contributed by atoms with Gasteiger partial charge in [0.2, 0.25) is 10.0 Å². The lowest BCUT2D eigenvalue weighted by molar-refractivity contribution is 0.0696. The maximum Gasteiger partial charge on any atom is 0.335 e. The quantitative estimate of drug-likeness (QED) is 0.875. The molecule has 1 aromatic carbocycles. The van der Waals surface area contributed by atoms with Crippen molar-refractivity contribution < 1.29 is 18.3 Å². The van der Waals surface area contributed by atoms with Crippen LogP contribution in [-0.2, 0) is 16.6 Å². The van der Waals surface area contributed by atoms with Gasteiger partial charge in [-0.25, -0.2) is 17.9 Å². The Morgan fingerprint density at radius 2 is 2.00 bits per heavy atom. The van der Waals surface area contributed by atoms with Gasteiger partial charge in [0.05, 0.1) is 22.8 Å². The molecule has 0 radical (unpaired) electrons. The largest absolute Gasteiger partial charge is 0.478 e. The zero-order chi connectivity index (χ0) is 15.5. The number of nitrogens with zero attached hydrogens (tertiary/aromatic N) is 1. The summed E-state index contributed by atoms with van der Waals surface area (Å²) in [5.74, 6) is -1.10. The maximum atomic E-state index is 12.1. The Kier molecular flexibility index (Phi) is 4.56. The normalized spacial score (nSPS) is 11.3. The second kappa shape index (κ2) is 6.21. The molecule has 6 nitrogen and oxygen atoms in total. The third-order valence-electron chi connectivity index (χ3n) is 2.63. The highest BCUT2D eigenvalue weighted by Crippen LogP contribution is 2.20. The maximum absolute atomic E-state index is 12.1. The first-order valence-electron chi connectivity index (χ1n) is 5.82. The number of hydrogen-bond acceptors (Lipinski definition) is 4. The molecular formula is C13H11ClN2O4S.